The molecular formula is C20H24N4OS2. The molecule has 2 aromatic heterocycles. The van der Waals surface area contributed by atoms with Crippen molar-refractivity contribution in [1.29, 1.82) is 0 Å². The van der Waals surface area contributed by atoms with Gasteiger partial charge in [-0.15, -0.1) is 11.3 Å². The minimum absolute atomic E-state index is 0.387. The van der Waals surface area contributed by atoms with Crippen molar-refractivity contribution < 1.29 is 4.74 Å². The van der Waals surface area contributed by atoms with E-state index in [1.165, 1.54) is 10.4 Å². The molecule has 7 heteroatoms. The molecule has 142 valence electrons. The van der Waals surface area contributed by atoms with Crippen LogP contribution in [0.3, 0.4) is 0 Å². The third kappa shape index (κ3) is 3.35. The Morgan fingerprint density at radius 3 is 2.74 bits per heavy atom. The molecule has 0 N–H and O–H groups in total. The molecule has 1 aliphatic heterocycles. The molecule has 0 amide bonds. The van der Waals surface area contributed by atoms with Gasteiger partial charge >= 0.3 is 0 Å². The average Bonchev–Trinajstić information content (AvgIpc) is 3.29. The Bertz CT molecular complexity index is 986. The van der Waals surface area contributed by atoms with Gasteiger partial charge in [0.1, 0.15) is 5.75 Å². The Morgan fingerprint density at radius 1 is 1.26 bits per heavy atom. The monoisotopic (exact) mass is 400 g/mol. The number of hydrogen-bond acceptors (Lipinski definition) is 5. The highest BCUT2D eigenvalue weighted by atomic mass is 32.1. The van der Waals surface area contributed by atoms with Crippen LogP contribution < -0.4 is 4.74 Å². The molecule has 0 saturated heterocycles. The van der Waals surface area contributed by atoms with Crippen molar-refractivity contribution in [3.8, 4) is 17.1 Å². The molecule has 27 heavy (non-hydrogen) atoms. The van der Waals surface area contributed by atoms with E-state index in [0.29, 0.717) is 12.7 Å². The quantitative estimate of drug-likeness (QED) is 0.579. The van der Waals surface area contributed by atoms with Crippen LogP contribution in [0.1, 0.15) is 30.3 Å². The molecule has 3 heterocycles. The second kappa shape index (κ2) is 7.58. The fraction of sp³-hybridized carbons (Fsp3) is 0.400. The van der Waals surface area contributed by atoms with E-state index in [-0.39, 0.29) is 0 Å². The van der Waals surface area contributed by atoms with Gasteiger partial charge in [-0.1, -0.05) is 0 Å². The predicted molar refractivity (Wildman–Crippen MR) is 112 cm³/mol. The van der Waals surface area contributed by atoms with Gasteiger partial charge in [-0.3, -0.25) is 4.90 Å². The summed E-state index contributed by atoms with van der Waals surface area (Å²) in [6.45, 7) is 6.93. The Kier molecular flexibility index (Phi) is 5.16. The van der Waals surface area contributed by atoms with E-state index in [1.54, 1.807) is 7.11 Å². The number of ether oxygens (including phenoxy) is 1. The number of benzene rings is 1. The van der Waals surface area contributed by atoms with Crippen LogP contribution in [0.5, 0.6) is 5.75 Å². The van der Waals surface area contributed by atoms with Crippen LogP contribution in [0.15, 0.2) is 35.7 Å². The zero-order chi connectivity index (χ0) is 19.0. The molecule has 0 radical (unpaired) electrons. The first-order chi connectivity index (χ1) is 13.1. The van der Waals surface area contributed by atoms with Crippen LogP contribution in [-0.4, -0.2) is 32.9 Å². The molecule has 1 atom stereocenters. The van der Waals surface area contributed by atoms with Crippen LogP contribution in [0.25, 0.3) is 11.4 Å². The van der Waals surface area contributed by atoms with Crippen LogP contribution in [0.4, 0.5) is 0 Å². The highest BCUT2D eigenvalue weighted by Gasteiger charge is 2.25. The number of hydrogen-bond donors (Lipinski definition) is 0. The van der Waals surface area contributed by atoms with E-state index >= 15 is 0 Å². The molecule has 3 aromatic rings. The molecule has 1 aromatic carbocycles. The molecule has 1 unspecified atom stereocenters. The normalized spacial score (nSPS) is 17.1. The summed E-state index contributed by atoms with van der Waals surface area (Å²) in [5.74, 6) is 1.75. The first-order valence-electron chi connectivity index (χ1n) is 9.24. The van der Waals surface area contributed by atoms with E-state index in [4.69, 9.17) is 22.1 Å². The smallest absolute Gasteiger partial charge is 0.199 e. The van der Waals surface area contributed by atoms with Gasteiger partial charge < -0.3 is 9.30 Å². The lowest BCUT2D eigenvalue weighted by Crippen LogP contribution is -2.35. The highest BCUT2D eigenvalue weighted by molar-refractivity contribution is 7.71. The van der Waals surface area contributed by atoms with Gasteiger partial charge in [0.2, 0.25) is 0 Å². The summed E-state index contributed by atoms with van der Waals surface area (Å²) in [5, 5.41) is 7.07. The van der Waals surface area contributed by atoms with E-state index in [2.05, 4.69) is 34.8 Å². The van der Waals surface area contributed by atoms with Crippen molar-refractivity contribution in [2.45, 2.75) is 39.5 Å². The first-order valence-corrected chi connectivity index (χ1v) is 10.5. The summed E-state index contributed by atoms with van der Waals surface area (Å²) in [7, 11) is 1.68. The molecule has 4 rings (SSSR count). The Hall–Kier alpha value is -1.96. The van der Waals surface area contributed by atoms with Crippen molar-refractivity contribution in [3.05, 3.63) is 50.9 Å². The summed E-state index contributed by atoms with van der Waals surface area (Å²) in [5.41, 5.74) is 2.50. The van der Waals surface area contributed by atoms with Gasteiger partial charge in [-0.05, 0) is 73.8 Å². The number of fused-ring (bicyclic) bond motifs is 1. The molecule has 0 aliphatic carbocycles. The van der Waals surface area contributed by atoms with Crippen LogP contribution in [0, 0.1) is 4.77 Å². The second-order valence-electron chi connectivity index (χ2n) is 6.76. The Balaban J connectivity index is 1.64. The Labute approximate surface area is 168 Å². The molecule has 5 nitrogen and oxygen atoms in total. The number of rotatable bonds is 5. The highest BCUT2D eigenvalue weighted by Crippen LogP contribution is 2.33. The minimum atomic E-state index is 0.387. The van der Waals surface area contributed by atoms with Crippen molar-refractivity contribution >= 4 is 23.6 Å². The number of aromatic nitrogens is 3. The lowest BCUT2D eigenvalue weighted by Gasteiger charge is -2.33. The van der Waals surface area contributed by atoms with E-state index in [0.717, 1.165) is 41.4 Å². The zero-order valence-electron chi connectivity index (χ0n) is 15.9. The van der Waals surface area contributed by atoms with E-state index in [1.807, 2.05) is 40.3 Å². The maximum Gasteiger partial charge on any atom is 0.199 e. The molecule has 0 saturated carbocycles. The van der Waals surface area contributed by atoms with Crippen LogP contribution in [-0.2, 0) is 19.6 Å². The number of methoxy groups -OCH3 is 1. The number of thiophene rings is 1. The molecule has 1 aliphatic rings. The Morgan fingerprint density at radius 2 is 2.04 bits per heavy atom. The van der Waals surface area contributed by atoms with Gasteiger partial charge in [0.05, 0.1) is 13.8 Å². The summed E-state index contributed by atoms with van der Waals surface area (Å²) in [6.07, 6.45) is 1.10. The second-order valence-corrected chi connectivity index (χ2v) is 8.12. The minimum Gasteiger partial charge on any atom is -0.497 e. The topological polar surface area (TPSA) is 35.2 Å². The SMILES string of the molecule is CCn1c(-c2ccc(OC)cc2)nn(CN2CCc3sccc3C2C)c1=S. The summed E-state index contributed by atoms with van der Waals surface area (Å²) >= 11 is 7.61. The maximum atomic E-state index is 5.74. The summed E-state index contributed by atoms with van der Waals surface area (Å²) < 4.78 is 10.1. The first kappa shape index (κ1) is 18.4. The lowest BCUT2D eigenvalue weighted by atomic mass is 10.0. The van der Waals surface area contributed by atoms with Gasteiger partial charge in [-0.25, -0.2) is 4.68 Å². The van der Waals surface area contributed by atoms with Gasteiger partial charge in [0.25, 0.3) is 0 Å². The van der Waals surface area contributed by atoms with Crippen molar-refractivity contribution in [3.63, 3.8) is 0 Å². The lowest BCUT2D eigenvalue weighted by molar-refractivity contribution is 0.144. The van der Waals surface area contributed by atoms with Crippen LogP contribution in [0.2, 0.25) is 0 Å². The fourth-order valence-corrected chi connectivity index (χ4v) is 4.98. The summed E-state index contributed by atoms with van der Waals surface area (Å²) in [6, 6.07) is 10.6. The van der Waals surface area contributed by atoms with Crippen molar-refractivity contribution in [2.24, 2.45) is 0 Å². The summed E-state index contributed by atoms with van der Waals surface area (Å²) in [4.78, 5) is 3.97. The van der Waals surface area contributed by atoms with Crippen LogP contribution >= 0.6 is 23.6 Å². The number of nitrogens with zero attached hydrogens (tertiary/aromatic N) is 4. The van der Waals surface area contributed by atoms with Gasteiger partial charge in [-0.2, -0.15) is 5.10 Å². The van der Waals surface area contributed by atoms with E-state index in [9.17, 15) is 0 Å². The predicted octanol–water partition coefficient (Wildman–Crippen LogP) is 4.75. The molecule has 0 spiro atoms. The average molecular weight is 401 g/mol. The zero-order valence-corrected chi connectivity index (χ0v) is 17.5. The fourth-order valence-electron chi connectivity index (χ4n) is 3.70. The molecule has 0 fully saturated rings. The molecular weight excluding hydrogens is 376 g/mol. The third-order valence-corrected chi connectivity index (χ3v) is 6.73. The van der Waals surface area contributed by atoms with Crippen molar-refractivity contribution in [2.75, 3.05) is 13.7 Å². The largest absolute Gasteiger partial charge is 0.497 e. The van der Waals surface area contributed by atoms with Gasteiger partial charge in [0.15, 0.2) is 10.6 Å². The third-order valence-electron chi connectivity index (χ3n) is 5.31. The maximum absolute atomic E-state index is 5.74. The van der Waals surface area contributed by atoms with E-state index < -0.39 is 0 Å². The molecule has 0 bridgehead atoms. The van der Waals surface area contributed by atoms with Crippen molar-refractivity contribution in [1.82, 2.24) is 19.2 Å². The standard InChI is InChI=1S/C20H24N4OS2/c1-4-23-19(15-5-7-16(25-3)8-6-15)21-24(20(23)26)13-22-11-9-18-17(14(22)2)10-12-27-18/h5-8,10,12,14H,4,9,11,13H2,1-3H3. The van der Waals surface area contributed by atoms with Gasteiger partial charge in [0, 0.05) is 29.6 Å².